The first-order valence-corrected chi connectivity index (χ1v) is 8.62. The predicted molar refractivity (Wildman–Crippen MR) is 95.3 cm³/mol. The molecule has 26 heavy (non-hydrogen) atoms. The van der Waals surface area contributed by atoms with Gasteiger partial charge in [0.05, 0.1) is 16.3 Å². The molecule has 0 aliphatic carbocycles. The normalized spacial score (nSPS) is 15.2. The minimum absolute atomic E-state index is 0.0307. The Labute approximate surface area is 151 Å². The quantitative estimate of drug-likeness (QED) is 0.642. The van der Waals surface area contributed by atoms with Gasteiger partial charge in [-0.25, -0.2) is 4.68 Å². The first kappa shape index (κ1) is 18.0. The Balaban J connectivity index is 1.78. The van der Waals surface area contributed by atoms with Gasteiger partial charge in [-0.2, -0.15) is 0 Å². The number of nitrogens with one attached hydrogen (secondary N) is 1. The number of aromatic nitrogens is 3. The maximum Gasteiger partial charge on any atom is 0.276 e. The molecular formula is C17H22N6O3. The highest BCUT2D eigenvalue weighted by Gasteiger charge is 2.27. The van der Waals surface area contributed by atoms with Gasteiger partial charge >= 0.3 is 0 Å². The fourth-order valence-corrected chi connectivity index (χ4v) is 3.29. The molecule has 3 rings (SSSR count). The van der Waals surface area contributed by atoms with Gasteiger partial charge in [0.2, 0.25) is 0 Å². The highest BCUT2D eigenvalue weighted by molar-refractivity contribution is 5.93. The molecule has 0 spiro atoms. The number of carbonyl (C=O) groups excluding carboxylic acids is 1. The van der Waals surface area contributed by atoms with E-state index in [0.29, 0.717) is 36.1 Å². The summed E-state index contributed by atoms with van der Waals surface area (Å²) in [5.74, 6) is 0.452. The molecular weight excluding hydrogens is 336 g/mol. The van der Waals surface area contributed by atoms with E-state index in [-0.39, 0.29) is 11.6 Å². The van der Waals surface area contributed by atoms with Crippen LogP contribution in [0, 0.1) is 23.0 Å². The molecule has 0 atom stereocenters. The first-order valence-electron chi connectivity index (χ1n) is 8.62. The molecule has 1 amide bonds. The molecule has 1 aromatic heterocycles. The van der Waals surface area contributed by atoms with Crippen molar-refractivity contribution in [1.29, 1.82) is 0 Å². The molecule has 0 bridgehead atoms. The van der Waals surface area contributed by atoms with Crippen molar-refractivity contribution in [2.75, 3.05) is 26.7 Å². The molecule has 1 aromatic carbocycles. The zero-order valence-electron chi connectivity index (χ0n) is 14.9. The number of hydrogen-bond acceptors (Lipinski definition) is 6. The summed E-state index contributed by atoms with van der Waals surface area (Å²) in [7, 11) is 1.94. The maximum atomic E-state index is 12.8. The molecule has 2 heterocycles. The molecule has 2 aromatic rings. The predicted octanol–water partition coefficient (Wildman–Crippen LogP) is 1.56. The fraction of sp³-hybridized carbons (Fsp3) is 0.471. The largest absolute Gasteiger partial charge is 0.337 e. The monoisotopic (exact) mass is 358 g/mol. The van der Waals surface area contributed by atoms with Gasteiger partial charge in [0.1, 0.15) is 0 Å². The molecule has 0 radical (unpaired) electrons. The number of amides is 1. The smallest absolute Gasteiger partial charge is 0.276 e. The molecule has 1 saturated heterocycles. The van der Waals surface area contributed by atoms with Crippen LogP contribution in [-0.2, 0) is 0 Å². The van der Waals surface area contributed by atoms with E-state index in [4.69, 9.17) is 0 Å². The third-order valence-electron chi connectivity index (χ3n) is 4.78. The highest BCUT2D eigenvalue weighted by Crippen LogP contribution is 2.21. The van der Waals surface area contributed by atoms with Gasteiger partial charge in [-0.3, -0.25) is 14.9 Å². The van der Waals surface area contributed by atoms with Crippen molar-refractivity contribution in [2.24, 2.45) is 5.92 Å². The second kappa shape index (κ2) is 7.61. The number of non-ortho nitro benzene ring substituents is 1. The van der Waals surface area contributed by atoms with Gasteiger partial charge in [0.15, 0.2) is 5.69 Å². The van der Waals surface area contributed by atoms with Gasteiger partial charge in [-0.05, 0) is 45.3 Å². The third-order valence-corrected chi connectivity index (χ3v) is 4.78. The van der Waals surface area contributed by atoms with Gasteiger partial charge in [-0.15, -0.1) is 5.10 Å². The number of piperidine rings is 1. The van der Waals surface area contributed by atoms with Gasteiger partial charge in [-0.1, -0.05) is 11.3 Å². The fourth-order valence-electron chi connectivity index (χ4n) is 3.29. The molecule has 9 heteroatoms. The van der Waals surface area contributed by atoms with Crippen LogP contribution in [0.5, 0.6) is 0 Å². The van der Waals surface area contributed by atoms with Crippen LogP contribution in [0.3, 0.4) is 0 Å². The van der Waals surface area contributed by atoms with Crippen LogP contribution >= 0.6 is 0 Å². The lowest BCUT2D eigenvalue weighted by Crippen LogP contribution is -2.40. The average molecular weight is 358 g/mol. The van der Waals surface area contributed by atoms with Crippen molar-refractivity contribution in [3.05, 3.63) is 45.8 Å². The average Bonchev–Trinajstić information content (AvgIpc) is 3.03. The summed E-state index contributed by atoms with van der Waals surface area (Å²) in [6, 6.07) is 6.12. The van der Waals surface area contributed by atoms with Gasteiger partial charge in [0.25, 0.3) is 11.6 Å². The lowest BCUT2D eigenvalue weighted by Gasteiger charge is -2.31. The van der Waals surface area contributed by atoms with Crippen LogP contribution < -0.4 is 5.32 Å². The van der Waals surface area contributed by atoms with Crippen molar-refractivity contribution >= 4 is 11.6 Å². The molecule has 0 saturated carbocycles. The zero-order chi connectivity index (χ0) is 18.7. The maximum absolute atomic E-state index is 12.8. The number of likely N-dealkylation sites (tertiary alicyclic amines) is 1. The van der Waals surface area contributed by atoms with Crippen LogP contribution in [0.2, 0.25) is 0 Å². The van der Waals surface area contributed by atoms with E-state index in [1.165, 1.54) is 16.8 Å². The number of hydrogen-bond donors (Lipinski definition) is 1. The summed E-state index contributed by atoms with van der Waals surface area (Å²) in [6.45, 7) is 4.12. The topological polar surface area (TPSA) is 106 Å². The second-order valence-corrected chi connectivity index (χ2v) is 6.51. The SMILES string of the molecule is CNCC1CCN(C(=O)c2nnn(-c3cccc([N+](=O)[O-])c3)c2C)CC1. The summed E-state index contributed by atoms with van der Waals surface area (Å²) < 4.78 is 1.47. The van der Waals surface area contributed by atoms with E-state index in [1.54, 1.807) is 24.0 Å². The molecule has 0 unspecified atom stereocenters. The Hall–Kier alpha value is -2.81. The van der Waals surface area contributed by atoms with Crippen molar-refractivity contribution in [1.82, 2.24) is 25.2 Å². The standard InChI is InChI=1S/C17H22N6O3/c1-12-16(17(24)21-8-6-13(7-9-21)11-18-2)19-20-22(12)14-4-3-5-15(10-14)23(25)26/h3-5,10,13,18H,6-9,11H2,1-2H3. The zero-order valence-corrected chi connectivity index (χ0v) is 14.9. The number of rotatable bonds is 5. The van der Waals surface area contributed by atoms with Crippen LogP contribution in [0.25, 0.3) is 5.69 Å². The van der Waals surface area contributed by atoms with Crippen LogP contribution in [0.4, 0.5) is 5.69 Å². The van der Waals surface area contributed by atoms with Crippen molar-refractivity contribution in [3.63, 3.8) is 0 Å². The number of nitro groups is 1. The molecule has 1 aliphatic heterocycles. The Morgan fingerprint density at radius 2 is 2.12 bits per heavy atom. The second-order valence-electron chi connectivity index (χ2n) is 6.51. The van der Waals surface area contributed by atoms with Gasteiger partial charge < -0.3 is 10.2 Å². The Kier molecular flexibility index (Phi) is 5.27. The van der Waals surface area contributed by atoms with Crippen LogP contribution in [0.1, 0.15) is 29.0 Å². The Morgan fingerprint density at radius 1 is 1.38 bits per heavy atom. The number of benzene rings is 1. The number of nitro benzene ring substituents is 1. The minimum Gasteiger partial charge on any atom is -0.337 e. The Bertz CT molecular complexity index is 811. The summed E-state index contributed by atoms with van der Waals surface area (Å²) in [5, 5.41) is 22.2. The van der Waals surface area contributed by atoms with E-state index in [2.05, 4.69) is 15.6 Å². The van der Waals surface area contributed by atoms with Gasteiger partial charge in [0, 0.05) is 25.2 Å². The van der Waals surface area contributed by atoms with Crippen LogP contribution in [-0.4, -0.2) is 57.4 Å². The van der Waals surface area contributed by atoms with E-state index in [1.807, 2.05) is 7.05 Å². The number of nitrogens with zero attached hydrogens (tertiary/aromatic N) is 5. The van der Waals surface area contributed by atoms with Crippen LogP contribution in [0.15, 0.2) is 24.3 Å². The molecule has 1 aliphatic rings. The first-order chi connectivity index (χ1) is 12.5. The molecule has 9 nitrogen and oxygen atoms in total. The van der Waals surface area contributed by atoms with E-state index < -0.39 is 4.92 Å². The summed E-state index contributed by atoms with van der Waals surface area (Å²) in [6.07, 6.45) is 1.93. The molecule has 1 N–H and O–H groups in total. The van der Waals surface area contributed by atoms with Crippen molar-refractivity contribution in [2.45, 2.75) is 19.8 Å². The summed E-state index contributed by atoms with van der Waals surface area (Å²) in [5.41, 5.74) is 1.35. The van der Waals surface area contributed by atoms with E-state index in [9.17, 15) is 14.9 Å². The van der Waals surface area contributed by atoms with Crippen molar-refractivity contribution < 1.29 is 9.72 Å². The number of carbonyl (C=O) groups is 1. The minimum atomic E-state index is -0.461. The van der Waals surface area contributed by atoms with Crippen molar-refractivity contribution in [3.8, 4) is 5.69 Å². The summed E-state index contributed by atoms with van der Waals surface area (Å²) in [4.78, 5) is 25.1. The molecule has 138 valence electrons. The Morgan fingerprint density at radius 3 is 2.77 bits per heavy atom. The highest BCUT2D eigenvalue weighted by atomic mass is 16.6. The lowest BCUT2D eigenvalue weighted by atomic mass is 9.96. The lowest BCUT2D eigenvalue weighted by molar-refractivity contribution is -0.384. The van der Waals surface area contributed by atoms with E-state index >= 15 is 0 Å². The third kappa shape index (κ3) is 3.57. The summed E-state index contributed by atoms with van der Waals surface area (Å²) >= 11 is 0. The van der Waals surface area contributed by atoms with E-state index in [0.717, 1.165) is 19.4 Å². The molecule has 1 fully saturated rings.